The summed E-state index contributed by atoms with van der Waals surface area (Å²) in [6.45, 7) is 4.82. The summed E-state index contributed by atoms with van der Waals surface area (Å²) in [4.78, 5) is 18.4. The third-order valence-corrected chi connectivity index (χ3v) is 5.21. The molecule has 2 aromatic rings. The van der Waals surface area contributed by atoms with Crippen molar-refractivity contribution in [2.24, 2.45) is 4.99 Å². The molecule has 2 aromatic carbocycles. The van der Waals surface area contributed by atoms with Crippen molar-refractivity contribution in [3.8, 4) is 5.75 Å². The van der Waals surface area contributed by atoms with Gasteiger partial charge in [0, 0.05) is 37.4 Å². The van der Waals surface area contributed by atoms with Crippen molar-refractivity contribution in [1.29, 1.82) is 0 Å². The van der Waals surface area contributed by atoms with E-state index in [1.54, 1.807) is 19.2 Å². The molecule has 0 aliphatic carbocycles. The summed E-state index contributed by atoms with van der Waals surface area (Å²) in [6.07, 6.45) is 2.10. The van der Waals surface area contributed by atoms with Gasteiger partial charge in [-0.3, -0.25) is 4.99 Å². The summed E-state index contributed by atoms with van der Waals surface area (Å²) < 4.78 is 5.87. The maximum Gasteiger partial charge on any atom is 0.321 e. The van der Waals surface area contributed by atoms with Gasteiger partial charge in [0.15, 0.2) is 5.96 Å². The molecule has 0 saturated carbocycles. The first-order valence-electron chi connectivity index (χ1n) is 10.5. The first-order chi connectivity index (χ1) is 15.0. The molecule has 1 saturated heterocycles. The average molecular weight is 444 g/mol. The highest BCUT2D eigenvalue weighted by Gasteiger charge is 2.17. The topological polar surface area (TPSA) is 78.0 Å². The van der Waals surface area contributed by atoms with Crippen LogP contribution in [0, 0.1) is 0 Å². The molecule has 0 radical (unpaired) electrons. The van der Waals surface area contributed by atoms with E-state index in [-0.39, 0.29) is 12.1 Å². The molecule has 166 valence electrons. The van der Waals surface area contributed by atoms with E-state index in [2.05, 4.69) is 20.9 Å². The van der Waals surface area contributed by atoms with Gasteiger partial charge in [-0.1, -0.05) is 23.7 Å². The summed E-state index contributed by atoms with van der Waals surface area (Å²) in [7, 11) is 1.73. The van der Waals surface area contributed by atoms with Crippen molar-refractivity contribution in [2.75, 3.05) is 32.0 Å². The second-order valence-corrected chi connectivity index (χ2v) is 7.95. The van der Waals surface area contributed by atoms with E-state index < -0.39 is 0 Å². The predicted molar refractivity (Wildman–Crippen MR) is 126 cm³/mol. The maximum absolute atomic E-state index is 12.3. The molecule has 2 amide bonds. The summed E-state index contributed by atoms with van der Waals surface area (Å²) >= 11 is 5.90. The van der Waals surface area contributed by atoms with Gasteiger partial charge in [0.25, 0.3) is 0 Å². The van der Waals surface area contributed by atoms with Crippen LogP contribution in [0.4, 0.5) is 10.5 Å². The number of halogens is 1. The highest BCUT2D eigenvalue weighted by Crippen LogP contribution is 2.17. The molecule has 3 N–H and O–H groups in total. The normalized spacial score (nSPS) is 14.8. The molecule has 1 atom stereocenters. The molecule has 0 bridgehead atoms. The Bertz CT molecular complexity index is 882. The lowest BCUT2D eigenvalue weighted by Gasteiger charge is -2.18. The fraction of sp³-hybridized carbons (Fsp3) is 0.391. The molecule has 3 rings (SSSR count). The number of likely N-dealkylation sites (tertiary alicyclic amines) is 1. The molecule has 7 nitrogen and oxygen atoms in total. The van der Waals surface area contributed by atoms with Crippen LogP contribution in [0.3, 0.4) is 0 Å². The Kier molecular flexibility index (Phi) is 8.41. The zero-order valence-electron chi connectivity index (χ0n) is 18.0. The van der Waals surface area contributed by atoms with Crippen LogP contribution < -0.4 is 20.7 Å². The van der Waals surface area contributed by atoms with Gasteiger partial charge < -0.3 is 25.6 Å². The standard InChI is InChI=1S/C23H30ClN5O2/c1-17(31-21-10-8-19(24)9-11-21)15-26-22(25-2)27-16-18-6-5-7-20(14-18)28-23(30)29-12-3-4-13-29/h5-11,14,17H,3-4,12-13,15-16H2,1-2H3,(H,28,30)(H2,25,26,27). The Balaban J connectivity index is 1.44. The van der Waals surface area contributed by atoms with Gasteiger partial charge in [-0.05, 0) is 61.7 Å². The van der Waals surface area contributed by atoms with Gasteiger partial charge in [-0.25, -0.2) is 4.79 Å². The number of nitrogens with zero attached hydrogens (tertiary/aromatic N) is 2. The fourth-order valence-electron chi connectivity index (χ4n) is 3.32. The highest BCUT2D eigenvalue weighted by molar-refractivity contribution is 6.30. The summed E-state index contributed by atoms with van der Waals surface area (Å²) in [5, 5.41) is 10.2. The molecule has 1 aliphatic heterocycles. The van der Waals surface area contributed by atoms with Crippen LogP contribution >= 0.6 is 11.6 Å². The lowest BCUT2D eigenvalue weighted by atomic mass is 10.2. The Morgan fingerprint density at radius 2 is 1.90 bits per heavy atom. The van der Waals surface area contributed by atoms with Crippen LogP contribution in [0.2, 0.25) is 5.02 Å². The Morgan fingerprint density at radius 3 is 2.61 bits per heavy atom. The minimum absolute atomic E-state index is 0.0326. The lowest BCUT2D eigenvalue weighted by Crippen LogP contribution is -2.41. The number of anilines is 1. The van der Waals surface area contributed by atoms with Gasteiger partial charge in [0.05, 0.1) is 6.54 Å². The first kappa shape index (κ1) is 22.7. The SMILES string of the molecule is CN=C(NCc1cccc(NC(=O)N2CCCC2)c1)NCC(C)Oc1ccc(Cl)cc1. The van der Waals surface area contributed by atoms with Gasteiger partial charge in [-0.2, -0.15) is 0 Å². The number of carbonyl (C=O) groups is 1. The number of ether oxygens (including phenoxy) is 1. The first-order valence-corrected chi connectivity index (χ1v) is 10.9. The minimum atomic E-state index is -0.0520. The molecule has 1 aliphatic rings. The molecule has 1 fully saturated rings. The number of carbonyl (C=O) groups excluding carboxylic acids is 1. The van der Waals surface area contributed by atoms with Gasteiger partial charge >= 0.3 is 6.03 Å². The van der Waals surface area contributed by atoms with Crippen molar-refractivity contribution < 1.29 is 9.53 Å². The number of urea groups is 1. The number of benzene rings is 2. The molecule has 8 heteroatoms. The number of hydrogen-bond acceptors (Lipinski definition) is 3. The Morgan fingerprint density at radius 1 is 1.16 bits per heavy atom. The van der Waals surface area contributed by atoms with Crippen molar-refractivity contribution >= 4 is 29.3 Å². The quantitative estimate of drug-likeness (QED) is 0.444. The van der Waals surface area contributed by atoms with Crippen molar-refractivity contribution in [3.63, 3.8) is 0 Å². The smallest absolute Gasteiger partial charge is 0.321 e. The van der Waals surface area contributed by atoms with Gasteiger partial charge in [0.2, 0.25) is 0 Å². The monoisotopic (exact) mass is 443 g/mol. The van der Waals surface area contributed by atoms with Crippen LogP contribution in [0.15, 0.2) is 53.5 Å². The van der Waals surface area contributed by atoms with Gasteiger partial charge in [-0.15, -0.1) is 0 Å². The predicted octanol–water partition coefficient (Wildman–Crippen LogP) is 4.10. The van der Waals surface area contributed by atoms with Gasteiger partial charge in [0.1, 0.15) is 11.9 Å². The number of hydrogen-bond donors (Lipinski definition) is 3. The van der Waals surface area contributed by atoms with Crippen LogP contribution in [0.25, 0.3) is 0 Å². The Labute approximate surface area is 188 Å². The summed E-state index contributed by atoms with van der Waals surface area (Å²) in [5.41, 5.74) is 1.84. The molecule has 31 heavy (non-hydrogen) atoms. The number of rotatable bonds is 7. The molecule has 1 heterocycles. The minimum Gasteiger partial charge on any atom is -0.489 e. The van der Waals surface area contributed by atoms with Crippen molar-refractivity contribution in [2.45, 2.75) is 32.4 Å². The molecule has 1 unspecified atom stereocenters. The van der Waals surface area contributed by atoms with Crippen LogP contribution in [-0.2, 0) is 6.54 Å². The molecule has 0 spiro atoms. The zero-order chi connectivity index (χ0) is 22.1. The Hall–Kier alpha value is -2.93. The van der Waals surface area contributed by atoms with Crippen LogP contribution in [0.5, 0.6) is 5.75 Å². The number of aliphatic imine (C=N–C) groups is 1. The van der Waals surface area contributed by atoms with Crippen molar-refractivity contribution in [1.82, 2.24) is 15.5 Å². The van der Waals surface area contributed by atoms with E-state index in [1.807, 2.05) is 48.2 Å². The van der Waals surface area contributed by atoms with E-state index >= 15 is 0 Å². The average Bonchev–Trinajstić information content (AvgIpc) is 3.31. The second kappa shape index (κ2) is 11.5. The lowest BCUT2D eigenvalue weighted by molar-refractivity contribution is 0.222. The fourth-order valence-corrected chi connectivity index (χ4v) is 3.44. The van der Waals surface area contributed by atoms with Crippen molar-refractivity contribution in [3.05, 3.63) is 59.1 Å². The van der Waals surface area contributed by atoms with E-state index in [0.717, 1.165) is 42.9 Å². The van der Waals surface area contributed by atoms with E-state index in [1.165, 1.54) is 0 Å². The second-order valence-electron chi connectivity index (χ2n) is 7.51. The maximum atomic E-state index is 12.3. The number of nitrogens with one attached hydrogen (secondary N) is 3. The molecular weight excluding hydrogens is 414 g/mol. The summed E-state index contributed by atoms with van der Waals surface area (Å²) in [6, 6.07) is 15.1. The summed E-state index contributed by atoms with van der Waals surface area (Å²) in [5.74, 6) is 1.45. The zero-order valence-corrected chi connectivity index (χ0v) is 18.8. The number of guanidine groups is 1. The molecular formula is C23H30ClN5O2. The van der Waals surface area contributed by atoms with E-state index in [9.17, 15) is 4.79 Å². The number of amides is 2. The highest BCUT2D eigenvalue weighted by atomic mass is 35.5. The van der Waals surface area contributed by atoms with E-state index in [0.29, 0.717) is 24.1 Å². The largest absolute Gasteiger partial charge is 0.489 e. The van der Waals surface area contributed by atoms with Crippen LogP contribution in [0.1, 0.15) is 25.3 Å². The van der Waals surface area contributed by atoms with Crippen LogP contribution in [-0.4, -0.2) is 49.7 Å². The third kappa shape index (κ3) is 7.36. The third-order valence-electron chi connectivity index (χ3n) is 4.96. The van der Waals surface area contributed by atoms with E-state index in [4.69, 9.17) is 16.3 Å². The molecule has 0 aromatic heterocycles.